The van der Waals surface area contributed by atoms with Gasteiger partial charge in [-0.3, -0.25) is 9.59 Å². The number of hydrogen-bond acceptors (Lipinski definition) is 8. The number of cyclic esters (lactones) is 2. The molecule has 0 spiro atoms. The normalized spacial score (nSPS) is 19.1. The molecular weight excluding hydrogens is 751 g/mol. The van der Waals surface area contributed by atoms with E-state index in [1.165, 1.54) is 9.80 Å². The number of ether oxygens (including phenoxy) is 2. The van der Waals surface area contributed by atoms with Gasteiger partial charge in [0.15, 0.2) is 12.7 Å². The van der Waals surface area contributed by atoms with Crippen molar-refractivity contribution in [2.75, 3.05) is 13.2 Å². The number of aromatic nitrogens is 4. The van der Waals surface area contributed by atoms with E-state index in [1.807, 2.05) is 47.8 Å². The summed E-state index contributed by atoms with van der Waals surface area (Å²) in [6, 6.07) is 16.7. The Hall–Kier alpha value is -5.28. The Morgan fingerprint density at radius 3 is 1.42 bits per heavy atom. The summed E-state index contributed by atoms with van der Waals surface area (Å²) < 4.78 is 19.7. The van der Waals surface area contributed by atoms with E-state index in [2.05, 4.69) is 35.5 Å². The first-order chi connectivity index (χ1) is 28.3. The third-order valence-electron chi connectivity index (χ3n) is 12.4. The van der Waals surface area contributed by atoms with Gasteiger partial charge in [-0.05, 0) is 11.1 Å². The lowest BCUT2D eigenvalue weighted by atomic mass is 9.39. The monoisotopic (exact) mass is 811 g/mol. The second-order valence-electron chi connectivity index (χ2n) is 16.6. The van der Waals surface area contributed by atoms with E-state index in [1.54, 1.807) is 62.4 Å². The molecule has 0 unspecified atom stereocenters. The summed E-state index contributed by atoms with van der Waals surface area (Å²) in [5, 5.41) is 22.3. The number of hydrogen-bond donors (Lipinski definition) is 2. The lowest BCUT2D eigenvalue weighted by Crippen LogP contribution is -2.83. The van der Waals surface area contributed by atoms with Gasteiger partial charge in [-0.1, -0.05) is 127 Å². The molecule has 2 aliphatic heterocycles. The Morgan fingerprint density at radius 2 is 1.07 bits per heavy atom. The van der Waals surface area contributed by atoms with Crippen LogP contribution >= 0.6 is 0 Å². The van der Waals surface area contributed by atoms with Crippen LogP contribution in [0, 0.1) is 11.8 Å². The number of amides is 4. The van der Waals surface area contributed by atoms with Gasteiger partial charge in [-0.25, -0.2) is 28.5 Å². The van der Waals surface area contributed by atoms with Crippen molar-refractivity contribution < 1.29 is 47.8 Å². The number of imide groups is 2. The van der Waals surface area contributed by atoms with Crippen LogP contribution in [0.25, 0.3) is 0 Å². The summed E-state index contributed by atoms with van der Waals surface area (Å²) in [5.74, 6) is -2.78. The second kappa shape index (κ2) is 18.8. The topological polar surface area (TPSA) is 151 Å². The van der Waals surface area contributed by atoms with Crippen LogP contribution < -0.4 is 8.96 Å². The lowest BCUT2D eigenvalue weighted by molar-refractivity contribution is -0.697. The highest BCUT2D eigenvalue weighted by Gasteiger charge is 2.48. The maximum Gasteiger partial charge on any atom is 0.416 e. The fraction of sp³-hybridized carbons (Fsp3) is 0.500. The molecule has 15 heteroatoms. The third kappa shape index (κ3) is 9.01. The van der Waals surface area contributed by atoms with Crippen molar-refractivity contribution in [3.8, 4) is 0 Å². The van der Waals surface area contributed by atoms with Crippen molar-refractivity contribution in [2.24, 2.45) is 25.9 Å². The van der Waals surface area contributed by atoms with Gasteiger partial charge in [0.2, 0.25) is 11.8 Å². The molecular formula is C44H60BN6O8+. The Kier molecular flexibility index (Phi) is 13.8. The molecule has 0 saturated carbocycles. The van der Waals surface area contributed by atoms with E-state index in [-0.39, 0.29) is 13.2 Å². The number of rotatable bonds is 18. The van der Waals surface area contributed by atoms with Crippen LogP contribution in [-0.2, 0) is 46.0 Å². The Balaban J connectivity index is 1.34. The highest BCUT2D eigenvalue weighted by Crippen LogP contribution is 2.30. The van der Waals surface area contributed by atoms with E-state index in [0.29, 0.717) is 24.0 Å². The van der Waals surface area contributed by atoms with Gasteiger partial charge in [-0.2, -0.15) is 0 Å². The molecule has 2 N–H and O–H groups in total. The lowest BCUT2D eigenvalue weighted by Gasteiger charge is -2.36. The molecule has 2 aromatic carbocycles. The van der Waals surface area contributed by atoms with Crippen molar-refractivity contribution >= 4 is 30.4 Å². The molecule has 4 heterocycles. The quantitative estimate of drug-likeness (QED) is 0.135. The molecule has 0 bridgehead atoms. The average Bonchev–Trinajstić information content (AvgIpc) is 4.02. The zero-order valence-electron chi connectivity index (χ0n) is 35.2. The van der Waals surface area contributed by atoms with Crippen LogP contribution in [-0.4, -0.2) is 84.9 Å². The first-order valence-electron chi connectivity index (χ1n) is 21.1. The standard InChI is InChI=1S/C44H60BN6O8/c1-7-9-21-45(22-10-8-2,48-29-46(5)25-35(48)23-37-27-58-43(56)50(37)41(54)31(3)39(52)33-17-13-11-14-18-33)49-30-47(6)26-36(49)24-38-28-59-44(57)51(38)42(55)32(4)40(53)34-19-15-12-16-20-34/h11-20,25-26,29-32,37-40,52-53H,7-10,21-24,27-28H2,1-6H3/q+1/t31-,32-,37-,38-,39-,40-/m0/s1. The minimum absolute atomic E-state index is 0.0260. The molecule has 316 valence electrons. The van der Waals surface area contributed by atoms with Gasteiger partial charge < -0.3 is 28.6 Å². The maximum absolute atomic E-state index is 14.0. The average molecular weight is 812 g/mol. The van der Waals surface area contributed by atoms with E-state index in [9.17, 15) is 29.4 Å². The first kappa shape index (κ1) is 43.3. The number of carbonyl (C=O) groups is 4. The summed E-state index contributed by atoms with van der Waals surface area (Å²) >= 11 is 0. The van der Waals surface area contributed by atoms with Crippen molar-refractivity contribution in [3.63, 3.8) is 0 Å². The number of benzene rings is 2. The van der Waals surface area contributed by atoms with Gasteiger partial charge in [0.25, 0.3) is 0 Å². The summed E-state index contributed by atoms with van der Waals surface area (Å²) in [4.78, 5) is 56.8. The summed E-state index contributed by atoms with van der Waals surface area (Å²) in [7, 11) is 3.93. The highest BCUT2D eigenvalue weighted by atomic mass is 16.6. The largest absolute Gasteiger partial charge is 0.447 e. The molecule has 2 aliphatic rings. The number of imidazole rings is 2. The van der Waals surface area contributed by atoms with Gasteiger partial charge in [0.05, 0.1) is 50.2 Å². The van der Waals surface area contributed by atoms with E-state index in [0.717, 1.165) is 49.7 Å². The van der Waals surface area contributed by atoms with Gasteiger partial charge in [-0.15, -0.1) is 0 Å². The zero-order chi connectivity index (χ0) is 42.4. The minimum atomic E-state index is -1.64. The van der Waals surface area contributed by atoms with Crippen LogP contribution in [0.3, 0.4) is 0 Å². The number of aliphatic hydroxyl groups is 2. The van der Waals surface area contributed by atoms with Crippen LogP contribution in [0.2, 0.25) is 12.6 Å². The van der Waals surface area contributed by atoms with Crippen molar-refractivity contribution in [1.29, 1.82) is 0 Å². The Labute approximate surface area is 346 Å². The van der Waals surface area contributed by atoms with Crippen molar-refractivity contribution in [2.45, 2.75) is 103 Å². The van der Waals surface area contributed by atoms with Crippen LogP contribution in [0.4, 0.5) is 9.59 Å². The first-order valence-corrected chi connectivity index (χ1v) is 21.1. The molecule has 2 saturated heterocycles. The van der Waals surface area contributed by atoms with E-state index in [4.69, 9.17) is 9.47 Å². The molecule has 6 rings (SSSR count). The minimum Gasteiger partial charge on any atom is -0.447 e. The zero-order valence-corrected chi connectivity index (χ0v) is 35.2. The summed E-state index contributed by atoms with van der Waals surface area (Å²) in [6.07, 6.45) is 8.97. The fourth-order valence-electron chi connectivity index (χ4n) is 9.12. The predicted octanol–water partition coefficient (Wildman–Crippen LogP) is 4.90. The number of unbranched alkanes of at least 4 members (excludes halogenated alkanes) is 2. The number of carbonyl (C=O) groups excluding carboxylic acids is 4. The molecule has 4 aromatic rings. The molecule has 2 aromatic heterocycles. The van der Waals surface area contributed by atoms with E-state index >= 15 is 0 Å². The van der Waals surface area contributed by atoms with Crippen molar-refractivity contribution in [1.82, 2.24) is 18.9 Å². The highest BCUT2D eigenvalue weighted by molar-refractivity contribution is 6.63. The second-order valence-corrected chi connectivity index (χ2v) is 16.6. The van der Waals surface area contributed by atoms with Crippen LogP contribution in [0.5, 0.6) is 0 Å². The van der Waals surface area contributed by atoms with Gasteiger partial charge >= 0.3 is 18.6 Å². The molecule has 2 fully saturated rings. The van der Waals surface area contributed by atoms with Gasteiger partial charge in [0.1, 0.15) is 37.0 Å². The SMILES string of the molecule is CCCC[B-](CCCC)([n+]1cn(C)cc1C[C@H]1COC(=O)N1C(=O)[C@@H](C)[C@H](O)c1ccccc1)[n+]1cn(C)cc1C[C@H]1COC(=O)N1C(=O)[C@@H](C)[C@H](O)c1ccccc1. The van der Waals surface area contributed by atoms with Crippen molar-refractivity contribution in [3.05, 3.63) is 108 Å². The smallest absolute Gasteiger partial charge is 0.416 e. The molecule has 0 aliphatic carbocycles. The third-order valence-corrected chi connectivity index (χ3v) is 12.4. The number of nitrogens with zero attached hydrogens (tertiary/aromatic N) is 6. The molecule has 6 atom stereocenters. The van der Waals surface area contributed by atoms with E-state index < -0.39 is 66.5 Å². The molecule has 14 nitrogen and oxygen atoms in total. The van der Waals surface area contributed by atoms with Crippen LogP contribution in [0.1, 0.15) is 88.1 Å². The Morgan fingerprint density at radius 1 is 0.695 bits per heavy atom. The molecule has 0 radical (unpaired) electrons. The summed E-state index contributed by atoms with van der Waals surface area (Å²) in [5.41, 5.74) is 3.01. The fourth-order valence-corrected chi connectivity index (χ4v) is 9.12. The summed E-state index contributed by atoms with van der Waals surface area (Å²) in [6.45, 7) is 7.65. The maximum atomic E-state index is 14.0. The molecule has 4 amide bonds. The number of aryl methyl sites for hydroxylation is 2. The number of aliphatic hydroxyl groups excluding tert-OH is 2. The van der Waals surface area contributed by atoms with Crippen LogP contribution in [0.15, 0.2) is 85.7 Å². The Bertz CT molecular complexity index is 1940. The predicted molar refractivity (Wildman–Crippen MR) is 220 cm³/mol. The molecule has 59 heavy (non-hydrogen) atoms. The van der Waals surface area contributed by atoms with Gasteiger partial charge in [0, 0.05) is 12.8 Å².